The standard InChI is InChI=1S/C21H27N3O4/c1-2-10-23-17-5-3-4-6-18(17)24(21(23)28)11-9-19(25)22-12-15(14-7-8-14)16(13-22)20(26)27/h3-6,14-16H,2,7-13H2,1H3,(H,26,27)/t15-,16+/m1/s1. The largest absolute Gasteiger partial charge is 0.481 e. The fourth-order valence-corrected chi connectivity index (χ4v) is 4.59. The minimum Gasteiger partial charge on any atom is -0.481 e. The van der Waals surface area contributed by atoms with Crippen LogP contribution in [0.2, 0.25) is 0 Å². The lowest BCUT2D eigenvalue weighted by molar-refractivity contribution is -0.142. The number of imidazole rings is 1. The Balaban J connectivity index is 1.49. The molecule has 0 spiro atoms. The van der Waals surface area contributed by atoms with Crippen molar-refractivity contribution < 1.29 is 14.7 Å². The second-order valence-electron chi connectivity index (χ2n) is 8.07. The fourth-order valence-electron chi connectivity index (χ4n) is 4.59. The van der Waals surface area contributed by atoms with Crippen molar-refractivity contribution in [1.82, 2.24) is 14.0 Å². The number of rotatable bonds is 7. The second kappa shape index (κ2) is 7.45. The van der Waals surface area contributed by atoms with Crippen molar-refractivity contribution in [3.63, 3.8) is 0 Å². The normalized spacial score (nSPS) is 22.1. The number of para-hydroxylation sites is 2. The number of likely N-dealkylation sites (tertiary alicyclic amines) is 1. The van der Waals surface area contributed by atoms with Gasteiger partial charge >= 0.3 is 11.7 Å². The smallest absolute Gasteiger partial charge is 0.329 e. The average molecular weight is 385 g/mol. The molecule has 7 nitrogen and oxygen atoms in total. The Kier molecular flexibility index (Phi) is 5.00. The molecule has 2 aromatic rings. The fraction of sp³-hybridized carbons (Fsp3) is 0.571. The molecule has 28 heavy (non-hydrogen) atoms. The summed E-state index contributed by atoms with van der Waals surface area (Å²) in [6.07, 6.45) is 3.22. The van der Waals surface area contributed by atoms with Gasteiger partial charge in [0.2, 0.25) is 5.91 Å². The third kappa shape index (κ3) is 3.34. The number of aromatic nitrogens is 2. The van der Waals surface area contributed by atoms with Gasteiger partial charge in [0.15, 0.2) is 0 Å². The molecule has 2 aliphatic rings. The van der Waals surface area contributed by atoms with Gasteiger partial charge < -0.3 is 10.0 Å². The highest BCUT2D eigenvalue weighted by Crippen LogP contribution is 2.44. The van der Waals surface area contributed by atoms with Crippen molar-refractivity contribution in [2.75, 3.05) is 13.1 Å². The number of aryl methyl sites for hydroxylation is 2. The summed E-state index contributed by atoms with van der Waals surface area (Å²) >= 11 is 0. The van der Waals surface area contributed by atoms with Gasteiger partial charge in [-0.05, 0) is 43.2 Å². The Labute approximate surface area is 163 Å². The third-order valence-corrected chi connectivity index (χ3v) is 6.18. The lowest BCUT2D eigenvalue weighted by Gasteiger charge is -2.16. The van der Waals surface area contributed by atoms with Crippen LogP contribution in [-0.4, -0.2) is 44.1 Å². The van der Waals surface area contributed by atoms with Gasteiger partial charge in [-0.25, -0.2) is 4.79 Å². The number of hydrogen-bond donors (Lipinski definition) is 1. The Morgan fingerprint density at radius 2 is 1.71 bits per heavy atom. The number of carbonyl (C=O) groups excluding carboxylic acids is 1. The predicted octanol–water partition coefficient (Wildman–Crippen LogP) is 2.17. The molecule has 0 unspecified atom stereocenters. The van der Waals surface area contributed by atoms with Crippen molar-refractivity contribution in [2.24, 2.45) is 17.8 Å². The molecule has 1 N–H and O–H groups in total. The van der Waals surface area contributed by atoms with Crippen LogP contribution >= 0.6 is 0 Å². The molecule has 1 aliphatic carbocycles. The van der Waals surface area contributed by atoms with Gasteiger partial charge in [-0.15, -0.1) is 0 Å². The van der Waals surface area contributed by atoms with Gasteiger partial charge in [-0.2, -0.15) is 0 Å². The number of fused-ring (bicyclic) bond motifs is 1. The lowest BCUT2D eigenvalue weighted by Crippen LogP contribution is -2.32. The molecule has 4 rings (SSSR count). The highest BCUT2D eigenvalue weighted by Gasteiger charge is 2.46. The van der Waals surface area contributed by atoms with E-state index in [1.165, 1.54) is 0 Å². The molecule has 2 atom stereocenters. The quantitative estimate of drug-likeness (QED) is 0.792. The van der Waals surface area contributed by atoms with Crippen LogP contribution in [0.4, 0.5) is 0 Å². The maximum absolute atomic E-state index is 12.8. The molecule has 150 valence electrons. The summed E-state index contributed by atoms with van der Waals surface area (Å²) in [4.78, 5) is 38.8. The first-order valence-corrected chi connectivity index (χ1v) is 10.2. The first-order valence-electron chi connectivity index (χ1n) is 10.2. The van der Waals surface area contributed by atoms with Crippen LogP contribution in [0.1, 0.15) is 32.6 Å². The topological polar surface area (TPSA) is 84.5 Å². The Morgan fingerprint density at radius 1 is 1.07 bits per heavy atom. The first-order chi connectivity index (χ1) is 13.5. The number of carboxylic acids is 1. The van der Waals surface area contributed by atoms with E-state index >= 15 is 0 Å². The van der Waals surface area contributed by atoms with E-state index in [0.29, 0.717) is 32.1 Å². The van der Waals surface area contributed by atoms with E-state index in [1.54, 1.807) is 14.0 Å². The van der Waals surface area contributed by atoms with E-state index in [-0.39, 0.29) is 23.9 Å². The molecule has 1 saturated carbocycles. The summed E-state index contributed by atoms with van der Waals surface area (Å²) in [5.74, 6) is -0.783. The maximum atomic E-state index is 12.8. The summed E-state index contributed by atoms with van der Waals surface area (Å²) in [5, 5.41) is 9.49. The number of benzene rings is 1. The predicted molar refractivity (Wildman–Crippen MR) is 105 cm³/mol. The molecule has 2 heterocycles. The van der Waals surface area contributed by atoms with Gasteiger partial charge in [0, 0.05) is 32.6 Å². The van der Waals surface area contributed by atoms with Crippen molar-refractivity contribution in [1.29, 1.82) is 0 Å². The number of nitrogens with zero attached hydrogens (tertiary/aromatic N) is 3. The van der Waals surface area contributed by atoms with E-state index in [2.05, 4.69) is 0 Å². The summed E-state index contributed by atoms with van der Waals surface area (Å²) < 4.78 is 3.44. The van der Waals surface area contributed by atoms with Gasteiger partial charge in [0.1, 0.15) is 0 Å². The van der Waals surface area contributed by atoms with Crippen molar-refractivity contribution in [2.45, 2.75) is 45.7 Å². The molecular weight excluding hydrogens is 358 g/mol. The first kappa shape index (κ1) is 18.8. The molecule has 1 aromatic heterocycles. The number of aliphatic carboxylic acids is 1. The van der Waals surface area contributed by atoms with E-state index in [0.717, 1.165) is 30.3 Å². The van der Waals surface area contributed by atoms with E-state index in [4.69, 9.17) is 0 Å². The number of amides is 1. The highest BCUT2D eigenvalue weighted by molar-refractivity contribution is 5.80. The SMILES string of the molecule is CCCn1c(=O)n(CCC(=O)N2C[C@H](C(=O)O)[C@@H](C3CC3)C2)c2ccccc21. The number of hydrogen-bond acceptors (Lipinski definition) is 3. The van der Waals surface area contributed by atoms with Crippen LogP contribution in [0.15, 0.2) is 29.1 Å². The zero-order chi connectivity index (χ0) is 19.8. The molecule has 2 fully saturated rings. The minimum atomic E-state index is -0.800. The summed E-state index contributed by atoms with van der Waals surface area (Å²) in [6.45, 7) is 3.83. The third-order valence-electron chi connectivity index (χ3n) is 6.18. The Bertz CT molecular complexity index is 956. The van der Waals surface area contributed by atoms with Crippen LogP contribution in [-0.2, 0) is 22.7 Å². The Morgan fingerprint density at radius 3 is 2.29 bits per heavy atom. The van der Waals surface area contributed by atoms with Crippen molar-refractivity contribution in [3.05, 3.63) is 34.7 Å². The summed E-state index contributed by atoms with van der Waals surface area (Å²) in [6, 6.07) is 7.65. The Hall–Kier alpha value is -2.57. The minimum absolute atomic E-state index is 0.0615. The van der Waals surface area contributed by atoms with Gasteiger partial charge in [0.25, 0.3) is 0 Å². The molecular formula is C21H27N3O4. The van der Waals surface area contributed by atoms with E-state index in [1.807, 2.05) is 31.2 Å². The van der Waals surface area contributed by atoms with Crippen molar-refractivity contribution >= 4 is 22.9 Å². The monoisotopic (exact) mass is 385 g/mol. The summed E-state index contributed by atoms with van der Waals surface area (Å²) in [5.41, 5.74) is 1.65. The molecule has 0 radical (unpaired) electrons. The van der Waals surface area contributed by atoms with Crippen LogP contribution in [0, 0.1) is 17.8 Å². The van der Waals surface area contributed by atoms with Crippen LogP contribution in [0.3, 0.4) is 0 Å². The highest BCUT2D eigenvalue weighted by atomic mass is 16.4. The lowest BCUT2D eigenvalue weighted by atomic mass is 9.92. The van der Waals surface area contributed by atoms with Crippen molar-refractivity contribution in [3.8, 4) is 0 Å². The number of carboxylic acid groups (broad SMARTS) is 1. The van der Waals surface area contributed by atoms with Crippen LogP contribution in [0.25, 0.3) is 11.0 Å². The second-order valence-corrected chi connectivity index (χ2v) is 8.07. The molecule has 7 heteroatoms. The van der Waals surface area contributed by atoms with E-state index < -0.39 is 11.9 Å². The average Bonchev–Trinajstić information content (AvgIpc) is 3.37. The van der Waals surface area contributed by atoms with Gasteiger partial charge in [0.05, 0.1) is 17.0 Å². The van der Waals surface area contributed by atoms with Crippen LogP contribution in [0.5, 0.6) is 0 Å². The maximum Gasteiger partial charge on any atom is 0.329 e. The molecule has 1 amide bonds. The van der Waals surface area contributed by atoms with Gasteiger partial charge in [-0.1, -0.05) is 19.1 Å². The van der Waals surface area contributed by atoms with Crippen LogP contribution < -0.4 is 5.69 Å². The molecule has 1 saturated heterocycles. The molecule has 1 aromatic carbocycles. The van der Waals surface area contributed by atoms with E-state index in [9.17, 15) is 19.5 Å². The molecule has 0 bridgehead atoms. The number of carbonyl (C=O) groups is 2. The zero-order valence-electron chi connectivity index (χ0n) is 16.2. The zero-order valence-corrected chi connectivity index (χ0v) is 16.2. The molecule has 1 aliphatic heterocycles. The summed E-state index contributed by atoms with van der Waals surface area (Å²) in [7, 11) is 0. The van der Waals surface area contributed by atoms with Gasteiger partial charge in [-0.3, -0.25) is 18.7 Å².